The van der Waals surface area contributed by atoms with Gasteiger partial charge in [-0.3, -0.25) is 9.09 Å². The Hall–Kier alpha value is -4.00. The molecule has 3 aromatic carbocycles. The Balaban J connectivity index is 0.000000952. The Morgan fingerprint density at radius 2 is 1.38 bits per heavy atom. The smallest absolute Gasteiger partial charge is 0.321 e. The monoisotopic (exact) mass is 672 g/mol. The summed E-state index contributed by atoms with van der Waals surface area (Å²) in [6.07, 6.45) is 0.177. The van der Waals surface area contributed by atoms with Crippen LogP contribution in [0.3, 0.4) is 0 Å². The van der Waals surface area contributed by atoms with Gasteiger partial charge in [-0.1, -0.05) is 91.0 Å². The molecule has 13 heteroatoms. The summed E-state index contributed by atoms with van der Waals surface area (Å²) < 4.78 is 42.7. The maximum Gasteiger partial charge on any atom is 0.321 e. The van der Waals surface area contributed by atoms with E-state index in [4.69, 9.17) is 28.2 Å². The fourth-order valence-electron chi connectivity index (χ4n) is 6.08. The van der Waals surface area contributed by atoms with Crippen LogP contribution in [0.15, 0.2) is 104 Å². The Kier molecular flexibility index (Phi) is 10.0. The molecule has 252 valence electrons. The molecule has 0 radical (unpaired) electrons. The molecule has 1 unspecified atom stereocenters. The van der Waals surface area contributed by atoms with E-state index in [2.05, 4.69) is 51.8 Å². The first kappa shape index (κ1) is 33.9. The van der Waals surface area contributed by atoms with Gasteiger partial charge in [0.2, 0.25) is 0 Å². The number of rotatable bonds is 9. The highest BCUT2D eigenvalue weighted by Crippen LogP contribution is 2.47. The molecule has 0 saturated carbocycles. The second-order valence-electron chi connectivity index (χ2n) is 12.4. The standard InChI is InChI=1S/C32H32N5O6P.C3H9N/c1-31(2)41-25-26(42-31)30(43-44(38)39-3)40-29(25)37-28-24(19-35-37)27(33-20-34-28)36-32(21-13-7-4-8-14-21,22-15-9-5-10-16-22)23-17-11-6-12-18-23;1-4(2)3/h4-20,25-26,29-30,44H,1-3H3,(H,33,34,36);1-3H3/t25-,26-,29-,30-;/m1./s1. The first-order valence-electron chi connectivity index (χ1n) is 15.6. The molecule has 2 aliphatic heterocycles. The summed E-state index contributed by atoms with van der Waals surface area (Å²) in [5.74, 6) is -0.332. The molecule has 2 saturated heterocycles. The van der Waals surface area contributed by atoms with Crippen molar-refractivity contribution in [1.29, 1.82) is 0 Å². The minimum atomic E-state index is -2.80. The topological polar surface area (TPSA) is 122 Å². The van der Waals surface area contributed by atoms with Gasteiger partial charge in [-0.25, -0.2) is 14.6 Å². The number of nitrogens with zero attached hydrogens (tertiary/aromatic N) is 5. The molecule has 1 N–H and O–H groups in total. The van der Waals surface area contributed by atoms with E-state index in [0.717, 1.165) is 16.7 Å². The molecule has 4 heterocycles. The number of nitrogens with one attached hydrogen (secondary N) is 1. The molecule has 0 bridgehead atoms. The van der Waals surface area contributed by atoms with Gasteiger partial charge in [0.25, 0.3) is 0 Å². The van der Waals surface area contributed by atoms with E-state index in [-0.39, 0.29) is 0 Å². The molecule has 5 aromatic rings. The van der Waals surface area contributed by atoms with Crippen molar-refractivity contribution < 1.29 is 27.8 Å². The van der Waals surface area contributed by atoms with Crippen LogP contribution in [0.5, 0.6) is 0 Å². The predicted octanol–water partition coefficient (Wildman–Crippen LogP) is 5.84. The van der Waals surface area contributed by atoms with E-state index in [1.807, 2.05) is 80.6 Å². The summed E-state index contributed by atoms with van der Waals surface area (Å²) in [4.78, 5) is 11.3. The van der Waals surface area contributed by atoms with Gasteiger partial charge >= 0.3 is 8.25 Å². The highest BCUT2D eigenvalue weighted by molar-refractivity contribution is 7.33. The summed E-state index contributed by atoms with van der Waals surface area (Å²) in [6.45, 7) is 3.61. The molecule has 2 aliphatic rings. The zero-order valence-electron chi connectivity index (χ0n) is 27.8. The van der Waals surface area contributed by atoms with Crippen LogP contribution in [0.4, 0.5) is 5.82 Å². The van der Waals surface area contributed by atoms with Gasteiger partial charge in [0.1, 0.15) is 29.9 Å². The van der Waals surface area contributed by atoms with Crippen LogP contribution in [0.1, 0.15) is 36.8 Å². The Morgan fingerprint density at radius 3 is 1.90 bits per heavy atom. The average Bonchev–Trinajstić information content (AvgIpc) is 3.76. The van der Waals surface area contributed by atoms with Gasteiger partial charge in [-0.2, -0.15) is 5.10 Å². The number of benzene rings is 3. The van der Waals surface area contributed by atoms with Gasteiger partial charge in [0.15, 0.2) is 24.0 Å². The lowest BCUT2D eigenvalue weighted by Gasteiger charge is -2.37. The minimum Gasteiger partial charge on any atom is -0.352 e. The summed E-state index contributed by atoms with van der Waals surface area (Å²) in [6, 6.07) is 30.8. The van der Waals surface area contributed by atoms with E-state index in [0.29, 0.717) is 16.9 Å². The first-order chi connectivity index (χ1) is 23.1. The van der Waals surface area contributed by atoms with Crippen LogP contribution in [0, 0.1) is 0 Å². The zero-order valence-corrected chi connectivity index (χ0v) is 28.8. The van der Waals surface area contributed by atoms with Gasteiger partial charge in [-0.05, 0) is 51.7 Å². The van der Waals surface area contributed by atoms with Crippen molar-refractivity contribution in [3.05, 3.63) is 120 Å². The highest BCUT2D eigenvalue weighted by atomic mass is 31.1. The summed E-state index contributed by atoms with van der Waals surface area (Å²) in [5.41, 5.74) is 2.81. The molecular formula is C35H41N6O6P. The van der Waals surface area contributed by atoms with Crippen LogP contribution in [0.2, 0.25) is 0 Å². The number of ether oxygens (including phenoxy) is 3. The van der Waals surface area contributed by atoms with Crippen LogP contribution in [-0.2, 0) is 33.4 Å². The van der Waals surface area contributed by atoms with E-state index < -0.39 is 44.3 Å². The van der Waals surface area contributed by atoms with E-state index in [1.54, 1.807) is 24.7 Å². The quantitative estimate of drug-likeness (QED) is 0.150. The van der Waals surface area contributed by atoms with Crippen molar-refractivity contribution in [2.45, 2.75) is 49.9 Å². The van der Waals surface area contributed by atoms with Crippen molar-refractivity contribution in [3.63, 3.8) is 0 Å². The molecule has 0 aliphatic carbocycles. The van der Waals surface area contributed by atoms with E-state index in [1.165, 1.54) is 13.4 Å². The maximum atomic E-state index is 12.2. The molecule has 2 aromatic heterocycles. The third-order valence-corrected chi connectivity index (χ3v) is 8.68. The average molecular weight is 673 g/mol. The summed E-state index contributed by atoms with van der Waals surface area (Å²) >= 11 is 0. The predicted molar refractivity (Wildman–Crippen MR) is 183 cm³/mol. The van der Waals surface area contributed by atoms with Gasteiger partial charge < -0.3 is 29.0 Å². The molecule has 48 heavy (non-hydrogen) atoms. The van der Waals surface area contributed by atoms with Crippen LogP contribution in [0.25, 0.3) is 11.0 Å². The Bertz CT molecular complexity index is 1730. The van der Waals surface area contributed by atoms with Crippen LogP contribution in [-0.4, -0.2) is 77.2 Å². The number of hydrogen-bond donors (Lipinski definition) is 1. The molecule has 0 spiro atoms. The van der Waals surface area contributed by atoms with Crippen LogP contribution >= 0.6 is 8.25 Å². The first-order valence-corrected chi connectivity index (χ1v) is 16.8. The normalized spacial score (nSPS) is 22.2. The van der Waals surface area contributed by atoms with Crippen molar-refractivity contribution >= 4 is 25.1 Å². The third-order valence-electron chi connectivity index (χ3n) is 7.92. The number of anilines is 1. The van der Waals surface area contributed by atoms with Crippen molar-refractivity contribution in [2.75, 3.05) is 33.6 Å². The fraction of sp³-hybridized carbons (Fsp3) is 0.343. The minimum absolute atomic E-state index is 0.516. The SMILES string of the molecule is CN(C)C.CO[PH](=O)O[C@H]1O[C@@H](n2ncc3c(NC(c4ccccc4)(c4ccccc4)c4ccccc4)ncnc32)[C@@H]2OC(C)(C)O[C@@H]12. The van der Waals surface area contributed by atoms with Crippen molar-refractivity contribution in [2.24, 2.45) is 0 Å². The number of fused-ring (bicyclic) bond motifs is 2. The molecule has 0 amide bonds. The van der Waals surface area contributed by atoms with Crippen molar-refractivity contribution in [3.8, 4) is 0 Å². The summed E-state index contributed by atoms with van der Waals surface area (Å²) in [7, 11) is 4.51. The van der Waals surface area contributed by atoms with Gasteiger partial charge in [0, 0.05) is 7.11 Å². The zero-order chi connectivity index (χ0) is 33.9. The summed E-state index contributed by atoms with van der Waals surface area (Å²) in [5, 5.41) is 9.17. The molecule has 12 nitrogen and oxygen atoms in total. The fourth-order valence-corrected chi connectivity index (χ4v) is 6.56. The largest absolute Gasteiger partial charge is 0.352 e. The highest BCUT2D eigenvalue weighted by Gasteiger charge is 2.57. The molecule has 5 atom stereocenters. The Labute approximate surface area is 280 Å². The number of hydrogen-bond acceptors (Lipinski definition) is 11. The number of aromatic nitrogens is 4. The van der Waals surface area contributed by atoms with Crippen molar-refractivity contribution in [1.82, 2.24) is 24.6 Å². The third kappa shape index (κ3) is 6.79. The lowest BCUT2D eigenvalue weighted by Crippen LogP contribution is -2.38. The Morgan fingerprint density at radius 1 is 0.854 bits per heavy atom. The van der Waals surface area contributed by atoms with Gasteiger partial charge in [0.05, 0.1) is 11.6 Å². The van der Waals surface area contributed by atoms with E-state index in [9.17, 15) is 4.57 Å². The maximum absolute atomic E-state index is 12.2. The van der Waals surface area contributed by atoms with Crippen LogP contribution < -0.4 is 5.32 Å². The van der Waals surface area contributed by atoms with Gasteiger partial charge in [-0.15, -0.1) is 0 Å². The molecule has 2 fully saturated rings. The second-order valence-corrected chi connectivity index (χ2v) is 13.5. The lowest BCUT2D eigenvalue weighted by molar-refractivity contribution is -0.225. The second kappa shape index (κ2) is 14.2. The molecular weight excluding hydrogens is 631 g/mol. The lowest BCUT2D eigenvalue weighted by atomic mass is 9.77. The molecule has 7 rings (SSSR count). The van der Waals surface area contributed by atoms with E-state index >= 15 is 0 Å².